The second kappa shape index (κ2) is 10.6. The van der Waals surface area contributed by atoms with Crippen molar-refractivity contribution in [1.29, 1.82) is 0 Å². The highest BCUT2D eigenvalue weighted by Crippen LogP contribution is 2.50. The van der Waals surface area contributed by atoms with Gasteiger partial charge in [-0.15, -0.1) is 0 Å². The minimum Gasteiger partial charge on any atom is -0.495 e. The van der Waals surface area contributed by atoms with Crippen LogP contribution in [0.2, 0.25) is 5.02 Å². The van der Waals surface area contributed by atoms with Gasteiger partial charge in [0.25, 0.3) is 5.91 Å². The third-order valence-electron chi connectivity index (χ3n) is 7.83. The molecule has 1 aliphatic carbocycles. The van der Waals surface area contributed by atoms with Crippen molar-refractivity contribution < 1.29 is 28.6 Å². The Bertz CT molecular complexity index is 1440. The van der Waals surface area contributed by atoms with Crippen molar-refractivity contribution >= 4 is 34.7 Å². The van der Waals surface area contributed by atoms with Crippen LogP contribution in [0.1, 0.15) is 79.4 Å². The first-order valence-electron chi connectivity index (χ1n) is 13.6. The minimum atomic E-state index is -1.29. The molecular formula is C31H34ClFN2O5. The number of ether oxygens (including phenoxy) is 2. The number of halogens is 2. The summed E-state index contributed by atoms with van der Waals surface area (Å²) in [5.41, 5.74) is 3.39. The second-order valence-electron chi connectivity index (χ2n) is 11.7. The van der Waals surface area contributed by atoms with Crippen LogP contribution < -0.4 is 4.90 Å². The van der Waals surface area contributed by atoms with Crippen molar-refractivity contribution in [3.63, 3.8) is 0 Å². The van der Waals surface area contributed by atoms with E-state index in [0.717, 1.165) is 18.4 Å². The van der Waals surface area contributed by atoms with E-state index in [2.05, 4.69) is 4.98 Å². The van der Waals surface area contributed by atoms with E-state index in [1.807, 2.05) is 19.9 Å². The molecule has 3 heterocycles. The van der Waals surface area contributed by atoms with Crippen molar-refractivity contribution in [3.05, 3.63) is 75.0 Å². The van der Waals surface area contributed by atoms with Crippen molar-refractivity contribution in [2.75, 3.05) is 18.1 Å². The van der Waals surface area contributed by atoms with E-state index in [-0.39, 0.29) is 23.4 Å². The molecule has 40 heavy (non-hydrogen) atoms. The number of fused-ring (bicyclic) bond motifs is 2. The van der Waals surface area contributed by atoms with E-state index in [1.165, 1.54) is 18.3 Å². The summed E-state index contributed by atoms with van der Waals surface area (Å²) in [6, 6.07) is 4.97. The minimum absolute atomic E-state index is 0.136. The lowest BCUT2D eigenvalue weighted by Gasteiger charge is -2.37. The maximum absolute atomic E-state index is 15.6. The normalized spacial score (nSPS) is 21.4. The largest absolute Gasteiger partial charge is 0.495 e. The quantitative estimate of drug-likeness (QED) is 0.425. The number of pyridine rings is 1. The van der Waals surface area contributed by atoms with Crippen LogP contribution in [0, 0.1) is 18.8 Å². The standard InChI is InChI=1S/C31H34ClFN2O5/c1-16-13-24-20(9-11-35(24)29(36)23-14-18(32)8-10-34-23)26(25(16)28(30(37)38)40-31(3,4)5)21-15-22(33)27-19(17(21)2)7-6-12-39-27/h8,10,13-15,17,19,28H,6-7,9,11-12H2,1-5H3,(H,37,38)/t17?,19?,28-/m0/s1. The van der Waals surface area contributed by atoms with Crippen molar-refractivity contribution in [3.8, 4) is 0 Å². The van der Waals surface area contributed by atoms with Crippen molar-refractivity contribution in [2.24, 2.45) is 11.8 Å². The van der Waals surface area contributed by atoms with Gasteiger partial charge in [0.05, 0.1) is 12.2 Å². The summed E-state index contributed by atoms with van der Waals surface area (Å²) in [7, 11) is 0. The number of nitrogens with zero attached hydrogens (tertiary/aromatic N) is 2. The first-order valence-corrected chi connectivity index (χ1v) is 14.0. The average Bonchev–Trinajstić information content (AvgIpc) is 3.31. The molecule has 0 radical (unpaired) electrons. The average molecular weight is 569 g/mol. The zero-order valence-electron chi connectivity index (χ0n) is 23.4. The molecule has 7 nitrogen and oxygen atoms in total. The Morgan fingerprint density at radius 3 is 2.73 bits per heavy atom. The van der Waals surface area contributed by atoms with Crippen LogP contribution in [0.15, 0.2) is 42.1 Å². The van der Waals surface area contributed by atoms with Gasteiger partial charge in [-0.25, -0.2) is 9.18 Å². The molecule has 0 bridgehead atoms. The lowest BCUT2D eigenvalue weighted by molar-refractivity contribution is -0.160. The van der Waals surface area contributed by atoms with Crippen LogP contribution >= 0.6 is 11.6 Å². The summed E-state index contributed by atoms with van der Waals surface area (Å²) in [5.74, 6) is -1.79. The fraction of sp³-hybridized carbons (Fsp3) is 0.452. The Morgan fingerprint density at radius 2 is 2.05 bits per heavy atom. The van der Waals surface area contributed by atoms with E-state index in [0.29, 0.717) is 58.3 Å². The fourth-order valence-corrected chi connectivity index (χ4v) is 6.28. The molecule has 2 unspecified atom stereocenters. The number of amides is 1. The zero-order chi connectivity index (χ0) is 28.9. The number of carbonyl (C=O) groups excluding carboxylic acids is 1. The topological polar surface area (TPSA) is 89.0 Å². The molecule has 1 fully saturated rings. The second-order valence-corrected chi connectivity index (χ2v) is 12.1. The summed E-state index contributed by atoms with van der Waals surface area (Å²) in [5, 5.41) is 10.8. The summed E-state index contributed by atoms with van der Waals surface area (Å²) in [4.78, 5) is 32.1. The van der Waals surface area contributed by atoms with Gasteiger partial charge in [-0.3, -0.25) is 9.78 Å². The first kappa shape index (κ1) is 28.3. The van der Waals surface area contributed by atoms with Gasteiger partial charge in [-0.05, 0) is 99.4 Å². The van der Waals surface area contributed by atoms with Gasteiger partial charge >= 0.3 is 5.97 Å². The number of carbonyl (C=O) groups is 2. The summed E-state index contributed by atoms with van der Waals surface area (Å²) in [6.07, 6.45) is 3.74. The summed E-state index contributed by atoms with van der Waals surface area (Å²) < 4.78 is 27.4. The van der Waals surface area contributed by atoms with Crippen molar-refractivity contribution in [2.45, 2.75) is 65.6 Å². The zero-order valence-corrected chi connectivity index (χ0v) is 24.1. The number of hydrogen-bond donors (Lipinski definition) is 1. The van der Waals surface area contributed by atoms with Gasteiger partial charge in [0.1, 0.15) is 11.5 Å². The smallest absolute Gasteiger partial charge is 0.337 e. The van der Waals surface area contributed by atoms with Crippen LogP contribution in [-0.4, -0.2) is 40.7 Å². The Labute approximate surface area is 238 Å². The van der Waals surface area contributed by atoms with Crippen LogP contribution in [-0.2, 0) is 20.7 Å². The number of aryl methyl sites for hydroxylation is 1. The Morgan fingerprint density at radius 1 is 1.30 bits per heavy atom. The molecule has 0 spiro atoms. The van der Waals surface area contributed by atoms with Gasteiger partial charge in [-0.1, -0.05) is 18.5 Å². The van der Waals surface area contributed by atoms with E-state index in [9.17, 15) is 14.7 Å². The molecule has 1 amide bonds. The molecule has 1 N–H and O–H groups in total. The van der Waals surface area contributed by atoms with E-state index < -0.39 is 23.5 Å². The Hall–Kier alpha value is -3.23. The van der Waals surface area contributed by atoms with Crippen LogP contribution in [0.3, 0.4) is 0 Å². The maximum atomic E-state index is 15.6. The lowest BCUT2D eigenvalue weighted by atomic mass is 9.73. The molecule has 3 aliphatic rings. The number of aliphatic carboxylic acids is 1. The molecule has 1 aromatic heterocycles. The molecule has 9 heteroatoms. The molecule has 2 aliphatic heterocycles. The van der Waals surface area contributed by atoms with E-state index >= 15 is 4.39 Å². The van der Waals surface area contributed by atoms with Gasteiger partial charge in [0.15, 0.2) is 11.9 Å². The third-order valence-corrected chi connectivity index (χ3v) is 8.07. The Balaban J connectivity index is 1.73. The number of aromatic nitrogens is 1. The number of carboxylic acid groups (broad SMARTS) is 1. The van der Waals surface area contributed by atoms with Crippen LogP contribution in [0.25, 0.3) is 5.57 Å². The highest BCUT2D eigenvalue weighted by atomic mass is 35.5. The number of carboxylic acids is 1. The van der Waals surface area contributed by atoms with Gasteiger partial charge in [0.2, 0.25) is 0 Å². The van der Waals surface area contributed by atoms with Gasteiger partial charge < -0.3 is 19.5 Å². The van der Waals surface area contributed by atoms with Crippen LogP contribution in [0.4, 0.5) is 10.1 Å². The predicted octanol–water partition coefficient (Wildman–Crippen LogP) is 6.83. The van der Waals surface area contributed by atoms with E-state index in [1.54, 1.807) is 31.7 Å². The summed E-state index contributed by atoms with van der Waals surface area (Å²) >= 11 is 6.13. The third kappa shape index (κ3) is 5.15. The molecule has 212 valence electrons. The van der Waals surface area contributed by atoms with Gasteiger partial charge in [-0.2, -0.15) is 0 Å². The van der Waals surface area contributed by atoms with Gasteiger partial charge in [0, 0.05) is 34.9 Å². The molecule has 5 rings (SSSR count). The SMILES string of the molecule is Cc1cc2c(c(C3=CC(F)=C4OCCCC4C3C)c1[C@H](OC(C)(C)C)C(=O)O)CCN2C(=O)c1cc(Cl)ccn1. The monoisotopic (exact) mass is 568 g/mol. The highest BCUT2D eigenvalue weighted by molar-refractivity contribution is 6.31. The van der Waals surface area contributed by atoms with Crippen LogP contribution in [0.5, 0.6) is 0 Å². The number of benzene rings is 1. The number of rotatable bonds is 5. The Kier molecular flexibility index (Phi) is 7.52. The molecule has 1 aromatic carbocycles. The predicted molar refractivity (Wildman–Crippen MR) is 151 cm³/mol. The lowest BCUT2D eigenvalue weighted by Crippen LogP contribution is -2.31. The number of hydrogen-bond acceptors (Lipinski definition) is 5. The highest BCUT2D eigenvalue weighted by Gasteiger charge is 2.41. The molecule has 0 saturated carbocycles. The number of allylic oxidation sites excluding steroid dienone is 4. The molecule has 1 saturated heterocycles. The molecule has 2 aromatic rings. The molecular weight excluding hydrogens is 535 g/mol. The maximum Gasteiger partial charge on any atom is 0.337 e. The fourth-order valence-electron chi connectivity index (χ4n) is 6.12. The van der Waals surface area contributed by atoms with Crippen molar-refractivity contribution in [1.82, 2.24) is 4.98 Å². The first-order chi connectivity index (χ1) is 18.9. The van der Waals surface area contributed by atoms with E-state index in [4.69, 9.17) is 21.1 Å². The number of anilines is 1. The molecule has 3 atom stereocenters. The summed E-state index contributed by atoms with van der Waals surface area (Å²) in [6.45, 7) is 10.1.